The molecule has 1 spiro atoms. The summed E-state index contributed by atoms with van der Waals surface area (Å²) in [6.07, 6.45) is 7.06. The summed E-state index contributed by atoms with van der Waals surface area (Å²) in [5.74, 6) is 1.72. The fourth-order valence-corrected chi connectivity index (χ4v) is 5.08. The number of piperidine rings is 1. The average molecular weight is 370 g/mol. The van der Waals surface area contributed by atoms with Crippen molar-refractivity contribution in [1.29, 1.82) is 0 Å². The highest BCUT2D eigenvalue weighted by atomic mass is 16.5. The smallest absolute Gasteiger partial charge is 0.246 e. The summed E-state index contributed by atoms with van der Waals surface area (Å²) < 4.78 is 5.24. The molecule has 0 radical (unpaired) electrons. The average Bonchev–Trinajstić information content (AvgIpc) is 2.72. The minimum atomic E-state index is -0.474. The molecule has 1 atom stereocenters. The molecule has 3 fully saturated rings. The molecule has 1 aliphatic carbocycles. The lowest BCUT2D eigenvalue weighted by atomic mass is 9.61. The molecule has 1 aromatic rings. The van der Waals surface area contributed by atoms with Gasteiger partial charge in [0.1, 0.15) is 11.8 Å². The Morgan fingerprint density at radius 2 is 1.70 bits per heavy atom. The first-order valence-corrected chi connectivity index (χ1v) is 10.3. The Kier molecular flexibility index (Phi) is 4.87. The first-order valence-electron chi connectivity index (χ1n) is 10.3. The molecule has 2 aliphatic heterocycles. The second kappa shape index (κ2) is 7.17. The summed E-state index contributed by atoms with van der Waals surface area (Å²) in [4.78, 5) is 30.5. The van der Waals surface area contributed by atoms with Crippen molar-refractivity contribution in [3.8, 4) is 5.75 Å². The fourth-order valence-electron chi connectivity index (χ4n) is 5.08. The van der Waals surface area contributed by atoms with Crippen LogP contribution in [-0.2, 0) is 9.59 Å². The van der Waals surface area contributed by atoms with Gasteiger partial charge in [-0.2, -0.15) is 0 Å². The van der Waals surface area contributed by atoms with Crippen LogP contribution in [0.1, 0.15) is 51.9 Å². The lowest BCUT2D eigenvalue weighted by molar-refractivity contribution is -0.156. The molecule has 2 heterocycles. The largest absolute Gasteiger partial charge is 0.497 e. The van der Waals surface area contributed by atoms with E-state index in [-0.39, 0.29) is 17.9 Å². The van der Waals surface area contributed by atoms with Crippen LogP contribution in [0, 0.1) is 11.3 Å². The molecule has 0 aromatic heterocycles. The van der Waals surface area contributed by atoms with Crippen molar-refractivity contribution in [3.05, 3.63) is 24.3 Å². The molecule has 3 aliphatic rings. The highest BCUT2D eigenvalue weighted by Gasteiger charge is 2.64. The van der Waals surface area contributed by atoms with Gasteiger partial charge in [0.2, 0.25) is 11.8 Å². The van der Waals surface area contributed by atoms with Crippen molar-refractivity contribution in [2.24, 2.45) is 11.3 Å². The van der Waals surface area contributed by atoms with Crippen molar-refractivity contribution in [2.75, 3.05) is 25.1 Å². The number of likely N-dealkylation sites (tertiary alicyclic amines) is 1. The Morgan fingerprint density at radius 3 is 2.30 bits per heavy atom. The van der Waals surface area contributed by atoms with E-state index in [4.69, 9.17) is 4.74 Å². The first kappa shape index (κ1) is 18.3. The third-order valence-electron chi connectivity index (χ3n) is 6.85. The second-order valence-corrected chi connectivity index (χ2v) is 8.50. The van der Waals surface area contributed by atoms with Gasteiger partial charge in [-0.3, -0.25) is 14.5 Å². The lowest BCUT2D eigenvalue weighted by Gasteiger charge is -2.57. The lowest BCUT2D eigenvalue weighted by Crippen LogP contribution is -2.74. The zero-order valence-electron chi connectivity index (χ0n) is 16.4. The van der Waals surface area contributed by atoms with Crippen molar-refractivity contribution < 1.29 is 14.3 Å². The summed E-state index contributed by atoms with van der Waals surface area (Å²) in [5.41, 5.74) is 0.332. The van der Waals surface area contributed by atoms with Gasteiger partial charge in [-0.25, -0.2) is 0 Å². The predicted octanol–water partition coefficient (Wildman–Crippen LogP) is 3.62. The molecule has 1 unspecified atom stereocenters. The highest BCUT2D eigenvalue weighted by Crippen LogP contribution is 2.52. The van der Waals surface area contributed by atoms with Crippen LogP contribution in [0.4, 0.5) is 5.69 Å². The molecule has 2 saturated heterocycles. The standard InChI is InChI=1S/C22H30N2O3/c1-16-10-14-23(15-11-16)20(25)19-22(12-4-3-5-13-22)21(26)24(19)17-6-8-18(27-2)9-7-17/h6-9,16,19H,3-5,10-15H2,1-2H3. The van der Waals surface area contributed by atoms with Gasteiger partial charge in [-0.1, -0.05) is 26.2 Å². The van der Waals surface area contributed by atoms with E-state index in [0.717, 1.165) is 63.1 Å². The molecule has 5 nitrogen and oxygen atoms in total. The summed E-state index contributed by atoms with van der Waals surface area (Å²) in [5, 5.41) is 0. The van der Waals surface area contributed by atoms with Crippen molar-refractivity contribution in [2.45, 2.75) is 57.9 Å². The maximum absolute atomic E-state index is 13.5. The van der Waals surface area contributed by atoms with E-state index in [1.54, 1.807) is 12.0 Å². The van der Waals surface area contributed by atoms with Crippen LogP contribution in [0.25, 0.3) is 0 Å². The molecule has 1 saturated carbocycles. The molecule has 1 aromatic carbocycles. The summed E-state index contributed by atoms with van der Waals surface area (Å²) in [6, 6.07) is 7.17. The highest BCUT2D eigenvalue weighted by molar-refractivity contribution is 6.14. The number of benzene rings is 1. The number of β-lactam (4-membered cyclic amide) rings is 1. The van der Waals surface area contributed by atoms with Crippen molar-refractivity contribution in [3.63, 3.8) is 0 Å². The third kappa shape index (κ3) is 3.01. The van der Waals surface area contributed by atoms with E-state index in [1.807, 2.05) is 29.2 Å². The first-order chi connectivity index (χ1) is 13.1. The number of amides is 2. The van der Waals surface area contributed by atoms with Gasteiger partial charge in [0.25, 0.3) is 0 Å². The molecule has 0 bridgehead atoms. The molecule has 4 rings (SSSR count). The number of methoxy groups -OCH3 is 1. The van der Waals surface area contributed by atoms with E-state index >= 15 is 0 Å². The Hall–Kier alpha value is -2.04. The Morgan fingerprint density at radius 1 is 1.07 bits per heavy atom. The zero-order chi connectivity index (χ0) is 19.0. The Labute approximate surface area is 161 Å². The zero-order valence-corrected chi connectivity index (χ0v) is 16.4. The number of rotatable bonds is 3. The minimum Gasteiger partial charge on any atom is -0.497 e. The number of carbonyl (C=O) groups excluding carboxylic acids is 2. The third-order valence-corrected chi connectivity index (χ3v) is 6.85. The Bertz CT molecular complexity index is 701. The van der Waals surface area contributed by atoms with Gasteiger partial charge in [-0.15, -0.1) is 0 Å². The molecular weight excluding hydrogens is 340 g/mol. The molecule has 0 N–H and O–H groups in total. The Balaban J connectivity index is 1.63. The quantitative estimate of drug-likeness (QED) is 0.764. The molecule has 2 amide bonds. The van der Waals surface area contributed by atoms with Crippen LogP contribution < -0.4 is 9.64 Å². The number of anilines is 1. The van der Waals surface area contributed by atoms with Gasteiger partial charge in [-0.05, 0) is 55.9 Å². The topological polar surface area (TPSA) is 49.9 Å². The number of carbonyl (C=O) groups is 2. The fraction of sp³-hybridized carbons (Fsp3) is 0.636. The van der Waals surface area contributed by atoms with Crippen LogP contribution in [0.5, 0.6) is 5.75 Å². The van der Waals surface area contributed by atoms with Crippen molar-refractivity contribution in [1.82, 2.24) is 4.90 Å². The number of ether oxygens (including phenoxy) is 1. The number of hydrogen-bond acceptors (Lipinski definition) is 3. The van der Waals surface area contributed by atoms with Gasteiger partial charge in [0, 0.05) is 18.8 Å². The van der Waals surface area contributed by atoms with E-state index in [9.17, 15) is 9.59 Å². The molecule has 27 heavy (non-hydrogen) atoms. The molecular formula is C22H30N2O3. The van der Waals surface area contributed by atoms with Crippen LogP contribution in [-0.4, -0.2) is 43.0 Å². The van der Waals surface area contributed by atoms with Gasteiger partial charge >= 0.3 is 0 Å². The number of nitrogens with zero attached hydrogens (tertiary/aromatic N) is 2. The number of hydrogen-bond donors (Lipinski definition) is 0. The van der Waals surface area contributed by atoms with Crippen LogP contribution in [0.2, 0.25) is 0 Å². The SMILES string of the molecule is COc1ccc(N2C(=O)C3(CCCCC3)C2C(=O)N2CCC(C)CC2)cc1. The van der Waals surface area contributed by atoms with Crippen LogP contribution >= 0.6 is 0 Å². The minimum absolute atomic E-state index is 0.135. The van der Waals surface area contributed by atoms with Gasteiger partial charge in [0.05, 0.1) is 12.5 Å². The van der Waals surface area contributed by atoms with Crippen LogP contribution in [0.15, 0.2) is 24.3 Å². The maximum atomic E-state index is 13.5. The predicted molar refractivity (Wildman–Crippen MR) is 105 cm³/mol. The second-order valence-electron chi connectivity index (χ2n) is 8.50. The van der Waals surface area contributed by atoms with E-state index in [1.165, 1.54) is 6.42 Å². The van der Waals surface area contributed by atoms with Gasteiger partial charge in [0.15, 0.2) is 0 Å². The molecule has 5 heteroatoms. The van der Waals surface area contributed by atoms with E-state index in [2.05, 4.69) is 6.92 Å². The van der Waals surface area contributed by atoms with E-state index in [0.29, 0.717) is 5.92 Å². The summed E-state index contributed by atoms with van der Waals surface area (Å²) in [6.45, 7) is 3.88. The van der Waals surface area contributed by atoms with E-state index < -0.39 is 5.41 Å². The maximum Gasteiger partial charge on any atom is 0.246 e. The monoisotopic (exact) mass is 370 g/mol. The van der Waals surface area contributed by atoms with Gasteiger partial charge < -0.3 is 9.64 Å². The van der Waals surface area contributed by atoms with Crippen LogP contribution in [0.3, 0.4) is 0 Å². The van der Waals surface area contributed by atoms with Crippen molar-refractivity contribution >= 4 is 17.5 Å². The molecule has 146 valence electrons. The normalized spacial score (nSPS) is 25.4. The summed E-state index contributed by atoms with van der Waals surface area (Å²) >= 11 is 0. The summed E-state index contributed by atoms with van der Waals surface area (Å²) in [7, 11) is 1.63.